The fraction of sp³-hybridized carbons (Fsp3) is 0.923. The maximum absolute atomic E-state index is 11.5. The van der Waals surface area contributed by atoms with Crippen molar-refractivity contribution in [3.8, 4) is 0 Å². The van der Waals surface area contributed by atoms with E-state index in [1.807, 2.05) is 0 Å². The number of carbonyl (C=O) groups is 1. The zero-order chi connectivity index (χ0) is 12.1. The first kappa shape index (κ1) is 12.7. The molecule has 2 aliphatic carbocycles. The van der Waals surface area contributed by atoms with Crippen LogP contribution in [0, 0.1) is 5.92 Å². The first-order valence-corrected chi connectivity index (χ1v) is 6.92. The van der Waals surface area contributed by atoms with Crippen molar-refractivity contribution >= 4 is 6.03 Å². The molecule has 2 saturated carbocycles. The highest BCUT2D eigenvalue weighted by Crippen LogP contribution is 2.28. The van der Waals surface area contributed by atoms with Crippen LogP contribution in [-0.2, 0) is 0 Å². The molecule has 0 saturated heterocycles. The lowest BCUT2D eigenvalue weighted by molar-refractivity contribution is 0.0277. The molecule has 0 aliphatic heterocycles. The highest BCUT2D eigenvalue weighted by Gasteiger charge is 2.28. The smallest absolute Gasteiger partial charge is 0.314 e. The molecule has 0 aromatic carbocycles. The minimum absolute atomic E-state index is 0.130. The summed E-state index contributed by atoms with van der Waals surface area (Å²) >= 11 is 0. The van der Waals surface area contributed by atoms with Gasteiger partial charge in [-0.3, -0.25) is 0 Å². The van der Waals surface area contributed by atoms with Gasteiger partial charge in [-0.15, -0.1) is 0 Å². The first-order valence-electron chi connectivity index (χ1n) is 6.92. The summed E-state index contributed by atoms with van der Waals surface area (Å²) in [6, 6.07) is -0.130. The molecule has 98 valence electrons. The van der Waals surface area contributed by atoms with E-state index < -0.39 is 5.60 Å². The topological polar surface area (TPSA) is 61.4 Å². The van der Waals surface area contributed by atoms with E-state index in [2.05, 4.69) is 10.6 Å². The molecule has 0 bridgehead atoms. The Labute approximate surface area is 103 Å². The summed E-state index contributed by atoms with van der Waals surface area (Å²) in [5.41, 5.74) is -0.673. The van der Waals surface area contributed by atoms with Gasteiger partial charge in [-0.2, -0.15) is 0 Å². The van der Waals surface area contributed by atoms with Crippen LogP contribution in [0.15, 0.2) is 0 Å². The van der Waals surface area contributed by atoms with Crippen molar-refractivity contribution in [2.75, 3.05) is 13.1 Å². The van der Waals surface area contributed by atoms with Crippen LogP contribution in [0.4, 0.5) is 4.79 Å². The molecule has 0 aromatic heterocycles. The summed E-state index contributed by atoms with van der Waals surface area (Å²) in [5.74, 6) is 0.696. The molecule has 0 radical (unpaired) electrons. The molecule has 17 heavy (non-hydrogen) atoms. The van der Waals surface area contributed by atoms with Crippen molar-refractivity contribution in [2.45, 2.75) is 57.0 Å². The van der Waals surface area contributed by atoms with Crippen molar-refractivity contribution < 1.29 is 9.90 Å². The van der Waals surface area contributed by atoms with Crippen LogP contribution >= 0.6 is 0 Å². The Morgan fingerprint density at radius 3 is 2.35 bits per heavy atom. The van der Waals surface area contributed by atoms with E-state index in [4.69, 9.17) is 0 Å². The van der Waals surface area contributed by atoms with Gasteiger partial charge in [0.2, 0.25) is 0 Å². The van der Waals surface area contributed by atoms with Gasteiger partial charge in [0.15, 0.2) is 0 Å². The van der Waals surface area contributed by atoms with Crippen LogP contribution in [0.2, 0.25) is 0 Å². The van der Waals surface area contributed by atoms with Gasteiger partial charge in [0.25, 0.3) is 0 Å². The Morgan fingerprint density at radius 1 is 1.12 bits per heavy atom. The highest BCUT2D eigenvalue weighted by atomic mass is 16.3. The Bertz CT molecular complexity index is 256. The van der Waals surface area contributed by atoms with Crippen LogP contribution in [-0.4, -0.2) is 29.8 Å². The molecule has 4 nitrogen and oxygen atoms in total. The summed E-state index contributed by atoms with van der Waals surface area (Å²) in [6.45, 7) is 1.17. The number of amides is 2. The number of rotatable bonds is 4. The molecule has 0 aromatic rings. The quantitative estimate of drug-likeness (QED) is 0.656. The third-order valence-electron chi connectivity index (χ3n) is 3.86. The van der Waals surface area contributed by atoms with Gasteiger partial charge in [-0.05, 0) is 31.6 Å². The number of hydrogen-bond donors (Lipinski definition) is 3. The summed E-state index contributed by atoms with van der Waals surface area (Å²) in [7, 11) is 0. The average molecular weight is 240 g/mol. The minimum atomic E-state index is -0.673. The maximum Gasteiger partial charge on any atom is 0.314 e. The lowest BCUT2D eigenvalue weighted by Crippen LogP contribution is -2.46. The molecule has 2 rings (SSSR count). The second-order valence-corrected chi connectivity index (χ2v) is 5.65. The van der Waals surface area contributed by atoms with Gasteiger partial charge < -0.3 is 15.7 Å². The first-order chi connectivity index (χ1) is 8.18. The zero-order valence-electron chi connectivity index (χ0n) is 10.5. The van der Waals surface area contributed by atoms with E-state index in [-0.39, 0.29) is 6.03 Å². The van der Waals surface area contributed by atoms with Crippen LogP contribution < -0.4 is 10.6 Å². The van der Waals surface area contributed by atoms with E-state index in [9.17, 15) is 9.90 Å². The molecule has 2 fully saturated rings. The molecule has 0 heterocycles. The molecule has 2 amide bonds. The van der Waals surface area contributed by atoms with Crippen LogP contribution in [0.1, 0.15) is 51.4 Å². The van der Waals surface area contributed by atoms with Crippen molar-refractivity contribution in [3.63, 3.8) is 0 Å². The van der Waals surface area contributed by atoms with Crippen LogP contribution in [0.5, 0.6) is 0 Å². The van der Waals surface area contributed by atoms with E-state index in [0.29, 0.717) is 12.5 Å². The lowest BCUT2D eigenvalue weighted by Gasteiger charge is -2.26. The molecule has 3 N–H and O–H groups in total. The zero-order valence-corrected chi connectivity index (χ0v) is 10.5. The van der Waals surface area contributed by atoms with Gasteiger partial charge >= 0.3 is 6.03 Å². The summed E-state index contributed by atoms with van der Waals surface area (Å²) in [6.07, 6.45) is 8.66. The summed E-state index contributed by atoms with van der Waals surface area (Å²) < 4.78 is 0. The third-order valence-corrected chi connectivity index (χ3v) is 3.86. The van der Waals surface area contributed by atoms with Gasteiger partial charge in [0, 0.05) is 13.1 Å². The maximum atomic E-state index is 11.5. The largest absolute Gasteiger partial charge is 0.388 e. The normalized spacial score (nSPS) is 23.8. The van der Waals surface area contributed by atoms with Gasteiger partial charge in [0.05, 0.1) is 5.60 Å². The number of nitrogens with one attached hydrogen (secondary N) is 2. The van der Waals surface area contributed by atoms with Gasteiger partial charge in [0.1, 0.15) is 0 Å². The van der Waals surface area contributed by atoms with Crippen molar-refractivity contribution in [2.24, 2.45) is 5.92 Å². The Hall–Kier alpha value is -0.770. The van der Waals surface area contributed by atoms with E-state index in [1.54, 1.807) is 0 Å². The van der Waals surface area contributed by atoms with Crippen molar-refractivity contribution in [3.05, 3.63) is 0 Å². The van der Waals surface area contributed by atoms with Crippen LogP contribution in [0.25, 0.3) is 0 Å². The van der Waals surface area contributed by atoms with E-state index in [1.165, 1.54) is 25.7 Å². The second kappa shape index (κ2) is 5.71. The monoisotopic (exact) mass is 240 g/mol. The number of urea groups is 1. The van der Waals surface area contributed by atoms with E-state index >= 15 is 0 Å². The molecule has 4 heteroatoms. The van der Waals surface area contributed by atoms with Crippen LogP contribution in [0.3, 0.4) is 0 Å². The standard InChI is InChI=1S/C13H24N2O2/c16-12(14-9-11-5-6-11)15-10-13(17)7-3-1-2-4-8-13/h11,17H,1-10H2,(H2,14,15,16). The summed E-state index contributed by atoms with van der Waals surface area (Å²) in [5, 5.41) is 16.0. The number of aliphatic hydroxyl groups is 1. The lowest BCUT2D eigenvalue weighted by atomic mass is 9.95. The summed E-state index contributed by atoms with van der Waals surface area (Å²) in [4.78, 5) is 11.5. The predicted octanol–water partition coefficient (Wildman–Crippen LogP) is 1.78. The number of carbonyl (C=O) groups excluding carboxylic acids is 1. The van der Waals surface area contributed by atoms with E-state index in [0.717, 1.165) is 32.2 Å². The molecular formula is C13H24N2O2. The number of hydrogen-bond acceptors (Lipinski definition) is 2. The van der Waals surface area contributed by atoms with Gasteiger partial charge in [-0.25, -0.2) is 4.79 Å². The predicted molar refractivity (Wildman–Crippen MR) is 66.8 cm³/mol. The van der Waals surface area contributed by atoms with Crippen molar-refractivity contribution in [1.29, 1.82) is 0 Å². The Balaban J connectivity index is 1.65. The third kappa shape index (κ3) is 4.54. The van der Waals surface area contributed by atoms with Gasteiger partial charge in [-0.1, -0.05) is 25.7 Å². The fourth-order valence-corrected chi connectivity index (χ4v) is 2.43. The fourth-order valence-electron chi connectivity index (χ4n) is 2.43. The Kier molecular flexibility index (Phi) is 4.26. The Morgan fingerprint density at radius 2 is 1.76 bits per heavy atom. The molecule has 0 unspecified atom stereocenters. The van der Waals surface area contributed by atoms with Crippen molar-refractivity contribution in [1.82, 2.24) is 10.6 Å². The SMILES string of the molecule is O=C(NCC1CC1)NCC1(O)CCCCCC1. The molecule has 0 spiro atoms. The highest BCUT2D eigenvalue weighted by molar-refractivity contribution is 5.73. The molecule has 0 atom stereocenters. The second-order valence-electron chi connectivity index (χ2n) is 5.65. The molecular weight excluding hydrogens is 216 g/mol. The molecule has 2 aliphatic rings. The average Bonchev–Trinajstić information content (AvgIpc) is 3.12. The minimum Gasteiger partial charge on any atom is -0.388 e.